The second-order valence-corrected chi connectivity index (χ2v) is 5.95. The minimum Gasteiger partial charge on any atom is -0.379 e. The third kappa shape index (κ3) is 3.35. The molecule has 2 aliphatic rings. The van der Waals surface area contributed by atoms with Gasteiger partial charge in [0.2, 0.25) is 0 Å². The van der Waals surface area contributed by atoms with Gasteiger partial charge in [-0.25, -0.2) is 0 Å². The Labute approximate surface area is 143 Å². The molecule has 1 saturated heterocycles. The Morgan fingerprint density at radius 3 is 2.71 bits per heavy atom. The summed E-state index contributed by atoms with van der Waals surface area (Å²) in [6, 6.07) is 0. The molecule has 2 heterocycles. The number of ether oxygens (including phenoxy) is 1. The molecule has 4 nitrogen and oxygen atoms in total. The maximum absolute atomic E-state index is 12.8. The van der Waals surface area contributed by atoms with Crippen molar-refractivity contribution < 1.29 is 9.53 Å². The van der Waals surface area contributed by atoms with Crippen LogP contribution in [0.4, 0.5) is 0 Å². The first kappa shape index (κ1) is 17.0. The lowest BCUT2D eigenvalue weighted by molar-refractivity contribution is 0.0291. The van der Waals surface area contributed by atoms with Crippen molar-refractivity contribution in [2.75, 3.05) is 32.8 Å². The van der Waals surface area contributed by atoms with Crippen molar-refractivity contribution >= 4 is 29.8 Å². The Balaban J connectivity index is 0.00000161. The Bertz CT molecular complexity index is 507. The number of morpholine rings is 1. The van der Waals surface area contributed by atoms with Crippen LogP contribution in [0.3, 0.4) is 0 Å². The van der Waals surface area contributed by atoms with Crippen molar-refractivity contribution in [2.24, 2.45) is 5.92 Å². The van der Waals surface area contributed by atoms with Gasteiger partial charge in [0.25, 0.3) is 0 Å². The van der Waals surface area contributed by atoms with Crippen LogP contribution in [-0.2, 0) is 17.6 Å². The van der Waals surface area contributed by atoms with E-state index < -0.39 is 0 Å². The molecule has 1 unspecified atom stereocenters. The highest BCUT2D eigenvalue weighted by atomic mass is 127. The molecule has 21 heavy (non-hydrogen) atoms. The van der Waals surface area contributed by atoms with Gasteiger partial charge in [-0.2, -0.15) is 0 Å². The average molecular weight is 404 g/mol. The van der Waals surface area contributed by atoms with Crippen molar-refractivity contribution in [3.8, 4) is 0 Å². The third-order valence-corrected chi connectivity index (χ3v) is 4.69. The SMILES string of the molecule is CCc1c(C)[nH]c2c1C(=O)C(CN1CCOCC1)CC2.I. The van der Waals surface area contributed by atoms with Crippen molar-refractivity contribution in [1.29, 1.82) is 0 Å². The maximum Gasteiger partial charge on any atom is 0.169 e. The quantitative estimate of drug-likeness (QED) is 0.788. The number of hydrogen-bond donors (Lipinski definition) is 1. The van der Waals surface area contributed by atoms with Gasteiger partial charge in [-0.1, -0.05) is 6.92 Å². The van der Waals surface area contributed by atoms with E-state index in [4.69, 9.17) is 4.74 Å². The van der Waals surface area contributed by atoms with E-state index in [0.29, 0.717) is 5.78 Å². The molecule has 1 fully saturated rings. The van der Waals surface area contributed by atoms with E-state index in [9.17, 15) is 4.79 Å². The summed E-state index contributed by atoms with van der Waals surface area (Å²) in [4.78, 5) is 18.6. The fourth-order valence-electron chi connectivity index (χ4n) is 3.58. The Morgan fingerprint density at radius 2 is 2.05 bits per heavy atom. The number of aromatic nitrogens is 1. The van der Waals surface area contributed by atoms with Gasteiger partial charge in [-0.3, -0.25) is 9.69 Å². The van der Waals surface area contributed by atoms with Crippen LogP contribution in [0.1, 0.15) is 40.7 Å². The molecule has 0 saturated carbocycles. The first-order valence-electron chi connectivity index (χ1n) is 7.75. The van der Waals surface area contributed by atoms with Crippen molar-refractivity contribution in [1.82, 2.24) is 9.88 Å². The lowest BCUT2D eigenvalue weighted by Gasteiger charge is -2.31. The van der Waals surface area contributed by atoms with E-state index in [1.807, 2.05) is 0 Å². The molecule has 1 atom stereocenters. The van der Waals surface area contributed by atoms with Gasteiger partial charge in [-0.15, -0.1) is 24.0 Å². The summed E-state index contributed by atoms with van der Waals surface area (Å²) >= 11 is 0. The number of Topliss-reactive ketones (excluding diaryl/α,β-unsaturated/α-hetero) is 1. The summed E-state index contributed by atoms with van der Waals surface area (Å²) in [5, 5.41) is 0. The zero-order valence-electron chi connectivity index (χ0n) is 12.9. The van der Waals surface area contributed by atoms with Crippen LogP contribution in [0.25, 0.3) is 0 Å². The summed E-state index contributed by atoms with van der Waals surface area (Å²) in [6.45, 7) is 8.64. The second-order valence-electron chi connectivity index (χ2n) is 5.95. The van der Waals surface area contributed by atoms with Crippen LogP contribution in [-0.4, -0.2) is 48.5 Å². The fourth-order valence-corrected chi connectivity index (χ4v) is 3.58. The zero-order chi connectivity index (χ0) is 14.1. The number of ketones is 1. The number of carbonyl (C=O) groups excluding carboxylic acids is 1. The monoisotopic (exact) mass is 404 g/mol. The molecule has 1 aromatic rings. The number of hydrogen-bond acceptors (Lipinski definition) is 3. The molecule has 1 aliphatic carbocycles. The zero-order valence-corrected chi connectivity index (χ0v) is 15.2. The minimum atomic E-state index is 0. The smallest absolute Gasteiger partial charge is 0.169 e. The Hall–Kier alpha value is -0.400. The van der Waals surface area contributed by atoms with E-state index in [0.717, 1.165) is 57.7 Å². The molecule has 0 radical (unpaired) electrons. The number of carbonyl (C=O) groups is 1. The van der Waals surface area contributed by atoms with E-state index >= 15 is 0 Å². The molecule has 0 bridgehead atoms. The summed E-state index contributed by atoms with van der Waals surface area (Å²) in [6.07, 6.45) is 2.93. The Morgan fingerprint density at radius 1 is 1.33 bits per heavy atom. The summed E-state index contributed by atoms with van der Waals surface area (Å²) in [7, 11) is 0. The lowest BCUT2D eigenvalue weighted by Crippen LogP contribution is -2.42. The van der Waals surface area contributed by atoms with Gasteiger partial charge in [0, 0.05) is 42.5 Å². The predicted molar refractivity (Wildman–Crippen MR) is 93.7 cm³/mol. The normalized spacial score (nSPS) is 22.8. The number of aromatic amines is 1. The molecule has 0 amide bonds. The van der Waals surface area contributed by atoms with Crippen LogP contribution in [0.15, 0.2) is 0 Å². The van der Waals surface area contributed by atoms with Crippen molar-refractivity contribution in [3.05, 3.63) is 22.5 Å². The van der Waals surface area contributed by atoms with Crippen molar-refractivity contribution in [2.45, 2.75) is 33.1 Å². The second kappa shape index (κ2) is 7.24. The molecular weight excluding hydrogens is 379 g/mol. The first-order valence-corrected chi connectivity index (χ1v) is 7.75. The van der Waals surface area contributed by atoms with E-state index in [2.05, 4.69) is 23.7 Å². The van der Waals surface area contributed by atoms with E-state index in [1.165, 1.54) is 17.0 Å². The molecular formula is C16H25IN2O2. The maximum atomic E-state index is 12.8. The molecule has 118 valence electrons. The van der Waals surface area contributed by atoms with Crippen LogP contribution in [0.2, 0.25) is 0 Å². The fraction of sp³-hybridized carbons (Fsp3) is 0.688. The molecule has 1 aliphatic heterocycles. The third-order valence-electron chi connectivity index (χ3n) is 4.69. The highest BCUT2D eigenvalue weighted by Crippen LogP contribution is 2.30. The number of nitrogens with zero attached hydrogens (tertiary/aromatic N) is 1. The minimum absolute atomic E-state index is 0. The van der Waals surface area contributed by atoms with E-state index in [-0.39, 0.29) is 29.9 Å². The molecule has 1 aromatic heterocycles. The summed E-state index contributed by atoms with van der Waals surface area (Å²) < 4.78 is 5.38. The summed E-state index contributed by atoms with van der Waals surface area (Å²) in [5.41, 5.74) is 4.59. The van der Waals surface area contributed by atoms with E-state index in [1.54, 1.807) is 0 Å². The van der Waals surface area contributed by atoms with Crippen molar-refractivity contribution in [3.63, 3.8) is 0 Å². The van der Waals surface area contributed by atoms with Gasteiger partial charge in [-0.05, 0) is 31.7 Å². The topological polar surface area (TPSA) is 45.3 Å². The molecule has 0 aromatic carbocycles. The van der Waals surface area contributed by atoms with Gasteiger partial charge in [0.1, 0.15) is 0 Å². The highest BCUT2D eigenvalue weighted by Gasteiger charge is 2.32. The Kier molecular flexibility index (Phi) is 5.85. The largest absolute Gasteiger partial charge is 0.379 e. The molecule has 3 rings (SSSR count). The van der Waals surface area contributed by atoms with Gasteiger partial charge >= 0.3 is 0 Å². The van der Waals surface area contributed by atoms with Crippen LogP contribution >= 0.6 is 24.0 Å². The predicted octanol–water partition coefficient (Wildman–Crippen LogP) is 2.58. The number of nitrogens with one attached hydrogen (secondary N) is 1. The van der Waals surface area contributed by atoms with Crippen LogP contribution in [0.5, 0.6) is 0 Å². The number of aryl methyl sites for hydroxylation is 2. The standard InChI is InChI=1S/C16H24N2O2.HI/c1-3-13-11(2)17-14-5-4-12(16(19)15(13)14)10-18-6-8-20-9-7-18;/h12,17H,3-10H2,1-2H3;1H. The number of rotatable bonds is 3. The van der Waals surface area contributed by atoms with Gasteiger partial charge < -0.3 is 9.72 Å². The van der Waals surface area contributed by atoms with Gasteiger partial charge in [0.05, 0.1) is 13.2 Å². The molecule has 5 heteroatoms. The number of halogens is 1. The number of H-pyrrole nitrogens is 1. The molecule has 0 spiro atoms. The van der Waals surface area contributed by atoms with Gasteiger partial charge in [0.15, 0.2) is 5.78 Å². The van der Waals surface area contributed by atoms with Crippen LogP contribution < -0.4 is 0 Å². The van der Waals surface area contributed by atoms with Crippen LogP contribution in [0, 0.1) is 12.8 Å². The highest BCUT2D eigenvalue weighted by molar-refractivity contribution is 14.0. The first-order chi connectivity index (χ1) is 9.70. The molecule has 1 N–H and O–H groups in total. The summed E-state index contributed by atoms with van der Waals surface area (Å²) in [5.74, 6) is 0.528. The number of fused-ring (bicyclic) bond motifs is 1. The lowest BCUT2D eigenvalue weighted by atomic mass is 9.83. The average Bonchev–Trinajstić information content (AvgIpc) is 2.79.